The number of amides is 2. The highest BCUT2D eigenvalue weighted by Gasteiger charge is 2.31. The molecule has 0 aliphatic heterocycles. The van der Waals surface area contributed by atoms with Crippen LogP contribution in [0.1, 0.15) is 34.6 Å². The van der Waals surface area contributed by atoms with Gasteiger partial charge in [-0.3, -0.25) is 14.8 Å². The van der Waals surface area contributed by atoms with Crippen molar-refractivity contribution < 1.29 is 14.3 Å². The molecule has 0 atom stereocenters. The number of nitrogens with zero attached hydrogens (tertiary/aromatic N) is 4. The topological polar surface area (TPSA) is 88.8 Å². The third-order valence-electron chi connectivity index (χ3n) is 2.81. The predicted molar refractivity (Wildman–Crippen MR) is 93.6 cm³/mol. The molecule has 0 unspecified atom stereocenters. The molecule has 0 saturated heterocycles. The van der Waals surface area contributed by atoms with Crippen LogP contribution in [0.2, 0.25) is 5.15 Å². The van der Waals surface area contributed by atoms with Gasteiger partial charge in [0.2, 0.25) is 0 Å². The molecule has 0 bridgehead atoms. The molecule has 1 heterocycles. The summed E-state index contributed by atoms with van der Waals surface area (Å²) in [7, 11) is 3.52. The van der Waals surface area contributed by atoms with Crippen molar-refractivity contribution in [2.45, 2.75) is 45.8 Å². The number of hydrogen-bond donors (Lipinski definition) is 1. The number of hydrogen-bond acceptors (Lipinski definition) is 4. The Morgan fingerprint density at radius 1 is 1.33 bits per heavy atom. The van der Waals surface area contributed by atoms with Crippen LogP contribution in [-0.2, 0) is 15.1 Å². The summed E-state index contributed by atoms with van der Waals surface area (Å²) < 4.78 is 6.52. The van der Waals surface area contributed by atoms with Crippen LogP contribution in [-0.4, -0.2) is 52.7 Å². The fourth-order valence-corrected chi connectivity index (χ4v) is 1.74. The van der Waals surface area contributed by atoms with Gasteiger partial charge in [0.25, 0.3) is 5.91 Å². The van der Waals surface area contributed by atoms with Crippen molar-refractivity contribution in [3.05, 3.63) is 11.3 Å². The molecular formula is C15H24ClN5O3. The Labute approximate surface area is 146 Å². The van der Waals surface area contributed by atoms with E-state index in [1.54, 1.807) is 53.6 Å². The Morgan fingerprint density at radius 2 is 1.92 bits per heavy atom. The minimum Gasteiger partial charge on any atom is -0.444 e. The van der Waals surface area contributed by atoms with Crippen LogP contribution in [0.3, 0.4) is 0 Å². The van der Waals surface area contributed by atoms with E-state index < -0.39 is 23.1 Å². The van der Waals surface area contributed by atoms with Crippen molar-refractivity contribution in [1.29, 1.82) is 0 Å². The van der Waals surface area contributed by atoms with E-state index in [4.69, 9.17) is 16.3 Å². The molecule has 0 aromatic carbocycles. The van der Waals surface area contributed by atoms with Gasteiger partial charge in [-0.15, -0.1) is 0 Å². The summed E-state index contributed by atoms with van der Waals surface area (Å²) in [6.45, 7) is 8.57. The summed E-state index contributed by atoms with van der Waals surface area (Å²) in [4.78, 5) is 29.6. The predicted octanol–water partition coefficient (Wildman–Crippen LogP) is 2.74. The second kappa shape index (κ2) is 7.21. The molecule has 1 rings (SSSR count). The van der Waals surface area contributed by atoms with E-state index in [0.717, 1.165) is 0 Å². The highest BCUT2D eigenvalue weighted by Crippen LogP contribution is 2.26. The molecule has 0 spiro atoms. The summed E-state index contributed by atoms with van der Waals surface area (Å²) >= 11 is 6.04. The maximum atomic E-state index is 12.3. The van der Waals surface area contributed by atoms with Crippen LogP contribution in [0.25, 0.3) is 0 Å². The van der Waals surface area contributed by atoms with E-state index in [1.165, 1.54) is 17.2 Å². The summed E-state index contributed by atoms with van der Waals surface area (Å²) in [5, 5.41) is 6.65. The van der Waals surface area contributed by atoms with E-state index in [1.807, 2.05) is 0 Å². The third kappa shape index (κ3) is 5.52. The van der Waals surface area contributed by atoms with E-state index >= 15 is 0 Å². The zero-order valence-electron chi connectivity index (χ0n) is 15.0. The van der Waals surface area contributed by atoms with Gasteiger partial charge in [-0.1, -0.05) is 11.6 Å². The molecule has 0 radical (unpaired) electrons. The molecule has 0 aliphatic carbocycles. The largest absolute Gasteiger partial charge is 0.444 e. The van der Waals surface area contributed by atoms with E-state index in [2.05, 4.69) is 15.4 Å². The molecule has 2 amide bonds. The average molecular weight is 358 g/mol. The quantitative estimate of drug-likeness (QED) is 0.661. The smallest absolute Gasteiger partial charge is 0.412 e. The zero-order valence-corrected chi connectivity index (χ0v) is 15.8. The van der Waals surface area contributed by atoms with E-state index in [0.29, 0.717) is 0 Å². The average Bonchev–Trinajstić information content (AvgIpc) is 2.75. The molecule has 8 nitrogen and oxygen atoms in total. The fraction of sp³-hybridized carbons (Fsp3) is 0.600. The van der Waals surface area contributed by atoms with Crippen LogP contribution in [0.5, 0.6) is 0 Å². The first-order valence-electron chi connectivity index (χ1n) is 7.33. The molecule has 0 aliphatic rings. The number of carbonyl (C=O) groups excluding carboxylic acids is 2. The number of carbonyl (C=O) groups is 2. The Bertz CT molecular complexity index is 644. The molecule has 0 fully saturated rings. The normalized spacial score (nSPS) is 12.3. The van der Waals surface area contributed by atoms with Gasteiger partial charge in [0, 0.05) is 14.1 Å². The Hall–Kier alpha value is -2.09. The lowest BCUT2D eigenvalue weighted by molar-refractivity contribution is -0.125. The molecule has 24 heavy (non-hydrogen) atoms. The molecule has 0 saturated carbocycles. The zero-order chi connectivity index (χ0) is 18.7. The van der Waals surface area contributed by atoms with Gasteiger partial charge in [-0.05, 0) is 34.6 Å². The number of halogens is 1. The van der Waals surface area contributed by atoms with Crippen molar-refractivity contribution in [2.75, 3.05) is 19.4 Å². The minimum absolute atomic E-state index is 0.0540. The molecule has 1 aromatic rings. The minimum atomic E-state index is -1.07. The van der Waals surface area contributed by atoms with Gasteiger partial charge >= 0.3 is 6.09 Å². The van der Waals surface area contributed by atoms with Gasteiger partial charge in [0.05, 0.1) is 12.5 Å². The van der Waals surface area contributed by atoms with Crippen molar-refractivity contribution in [3.63, 3.8) is 0 Å². The van der Waals surface area contributed by atoms with E-state index in [9.17, 15) is 9.59 Å². The van der Waals surface area contributed by atoms with Crippen molar-refractivity contribution in [1.82, 2.24) is 14.7 Å². The fourth-order valence-electron chi connectivity index (χ4n) is 1.56. The first-order chi connectivity index (χ1) is 10.8. The molecule has 9 heteroatoms. The summed E-state index contributed by atoms with van der Waals surface area (Å²) in [5.74, 6) is -0.404. The molecule has 134 valence electrons. The second-order valence-corrected chi connectivity index (χ2v) is 7.34. The lowest BCUT2D eigenvalue weighted by Gasteiger charge is -2.21. The lowest BCUT2D eigenvalue weighted by Crippen LogP contribution is -2.35. The van der Waals surface area contributed by atoms with Crippen LogP contribution < -0.4 is 5.32 Å². The number of nitrogens with one attached hydrogen (secondary N) is 1. The monoisotopic (exact) mass is 357 g/mol. The maximum Gasteiger partial charge on any atom is 0.412 e. The first kappa shape index (κ1) is 20.0. The number of rotatable bonds is 4. The van der Waals surface area contributed by atoms with Crippen LogP contribution in [0.4, 0.5) is 10.5 Å². The first-order valence-corrected chi connectivity index (χ1v) is 7.71. The van der Waals surface area contributed by atoms with E-state index in [-0.39, 0.29) is 10.8 Å². The summed E-state index contributed by atoms with van der Waals surface area (Å²) in [6.07, 6.45) is 2.23. The highest BCUT2D eigenvalue weighted by atomic mass is 35.5. The Balaban J connectivity index is 2.96. The molecule has 1 aromatic heterocycles. The number of aliphatic imine (C=N–C) groups is 1. The lowest BCUT2D eigenvalue weighted by atomic mass is 10.1. The maximum absolute atomic E-state index is 12.3. The number of aromatic nitrogens is 2. The number of anilines is 1. The van der Waals surface area contributed by atoms with Crippen LogP contribution in [0, 0.1) is 0 Å². The third-order valence-corrected chi connectivity index (χ3v) is 3.09. The SMILES string of the molecule is CN(C)C=NC(=O)C(C)(C)n1cc(NC(=O)OC(C)(C)C)c(Cl)n1. The van der Waals surface area contributed by atoms with Crippen LogP contribution in [0.15, 0.2) is 11.2 Å². The van der Waals surface area contributed by atoms with Crippen molar-refractivity contribution in [3.8, 4) is 0 Å². The Morgan fingerprint density at radius 3 is 2.42 bits per heavy atom. The summed E-state index contributed by atoms with van der Waals surface area (Å²) in [5.41, 5.74) is -1.45. The van der Waals surface area contributed by atoms with Gasteiger partial charge in [0.1, 0.15) is 16.8 Å². The van der Waals surface area contributed by atoms with Crippen molar-refractivity contribution >= 4 is 35.6 Å². The highest BCUT2D eigenvalue weighted by molar-refractivity contribution is 6.32. The Kier molecular flexibility index (Phi) is 5.99. The van der Waals surface area contributed by atoms with Crippen molar-refractivity contribution in [2.24, 2.45) is 4.99 Å². The van der Waals surface area contributed by atoms with Gasteiger partial charge in [0.15, 0.2) is 5.15 Å². The molecular weight excluding hydrogens is 334 g/mol. The van der Waals surface area contributed by atoms with Gasteiger partial charge < -0.3 is 9.64 Å². The number of ether oxygens (including phenoxy) is 1. The van der Waals surface area contributed by atoms with Gasteiger partial charge in [-0.2, -0.15) is 5.10 Å². The van der Waals surface area contributed by atoms with Crippen LogP contribution >= 0.6 is 11.6 Å². The second-order valence-electron chi connectivity index (χ2n) is 6.98. The standard InChI is InChI=1S/C15H24ClN5O3/c1-14(2,3)24-13(23)18-10-8-21(19-11(10)16)15(4,5)12(22)17-9-20(6)7/h8-9H,1-7H3,(H,18,23). The molecule has 1 N–H and O–H groups in total. The van der Waals surface area contributed by atoms with Gasteiger partial charge in [-0.25, -0.2) is 9.79 Å². The summed E-state index contributed by atoms with van der Waals surface area (Å²) in [6, 6.07) is 0.